The van der Waals surface area contributed by atoms with Crippen LogP contribution in [-0.2, 0) is 11.2 Å². The maximum Gasteiger partial charge on any atom is 0.309 e. The van der Waals surface area contributed by atoms with Crippen LogP contribution in [0.1, 0.15) is 25.4 Å². The Balaban J connectivity index is 2.19. The van der Waals surface area contributed by atoms with Crippen LogP contribution in [-0.4, -0.2) is 21.0 Å². The van der Waals surface area contributed by atoms with Crippen molar-refractivity contribution in [3.05, 3.63) is 29.9 Å². The zero-order valence-electron chi connectivity index (χ0n) is 10.7. The lowest BCUT2D eigenvalue weighted by atomic mass is 9.89. The number of nitrogens with zero attached hydrogens (tertiary/aromatic N) is 1. The third-order valence-electron chi connectivity index (χ3n) is 2.82. The van der Waals surface area contributed by atoms with Gasteiger partial charge in [0.1, 0.15) is 17.3 Å². The summed E-state index contributed by atoms with van der Waals surface area (Å²) in [6.07, 6.45) is 2.01. The molecule has 5 heteroatoms. The normalized spacial score (nSPS) is 11.7. The SMILES string of the molecule is Cc1ccc(-c2cnc(CC(C)(C)C(=O)O)[nH]2)o1. The van der Waals surface area contributed by atoms with Crippen LogP contribution < -0.4 is 0 Å². The minimum atomic E-state index is -0.839. The van der Waals surface area contributed by atoms with Crippen molar-refractivity contribution in [1.82, 2.24) is 9.97 Å². The predicted molar refractivity (Wildman–Crippen MR) is 66.1 cm³/mol. The molecule has 0 spiro atoms. The van der Waals surface area contributed by atoms with Crippen molar-refractivity contribution in [2.45, 2.75) is 27.2 Å². The third kappa shape index (κ3) is 2.45. The molecule has 2 rings (SSSR count). The van der Waals surface area contributed by atoms with Gasteiger partial charge in [0.05, 0.1) is 11.6 Å². The third-order valence-corrected chi connectivity index (χ3v) is 2.82. The van der Waals surface area contributed by atoms with Gasteiger partial charge in [-0.05, 0) is 32.9 Å². The monoisotopic (exact) mass is 248 g/mol. The molecule has 0 saturated carbocycles. The van der Waals surface area contributed by atoms with E-state index in [0.29, 0.717) is 18.0 Å². The molecule has 0 radical (unpaired) electrons. The number of imidazole rings is 1. The fraction of sp³-hybridized carbons (Fsp3) is 0.385. The summed E-state index contributed by atoms with van der Waals surface area (Å²) in [5, 5.41) is 9.07. The van der Waals surface area contributed by atoms with E-state index >= 15 is 0 Å². The Morgan fingerprint density at radius 1 is 1.50 bits per heavy atom. The first kappa shape index (κ1) is 12.4. The van der Waals surface area contributed by atoms with E-state index in [4.69, 9.17) is 9.52 Å². The molecule has 0 bridgehead atoms. The van der Waals surface area contributed by atoms with Gasteiger partial charge < -0.3 is 14.5 Å². The molecule has 0 fully saturated rings. The van der Waals surface area contributed by atoms with E-state index in [9.17, 15) is 4.79 Å². The van der Waals surface area contributed by atoms with E-state index in [1.54, 1.807) is 20.0 Å². The molecule has 0 amide bonds. The lowest BCUT2D eigenvalue weighted by Gasteiger charge is -2.16. The number of hydrogen-bond acceptors (Lipinski definition) is 3. The van der Waals surface area contributed by atoms with E-state index < -0.39 is 11.4 Å². The lowest BCUT2D eigenvalue weighted by molar-refractivity contribution is -0.146. The molecule has 18 heavy (non-hydrogen) atoms. The second kappa shape index (κ2) is 4.33. The largest absolute Gasteiger partial charge is 0.481 e. The van der Waals surface area contributed by atoms with Gasteiger partial charge in [0.2, 0.25) is 0 Å². The first-order valence-corrected chi connectivity index (χ1v) is 5.72. The molecule has 5 nitrogen and oxygen atoms in total. The van der Waals surface area contributed by atoms with Gasteiger partial charge in [-0.25, -0.2) is 4.98 Å². The van der Waals surface area contributed by atoms with Crippen LogP contribution in [0.4, 0.5) is 0 Å². The Bertz CT molecular complexity index is 566. The zero-order chi connectivity index (χ0) is 13.3. The van der Waals surface area contributed by atoms with Gasteiger partial charge in [-0.3, -0.25) is 4.79 Å². The van der Waals surface area contributed by atoms with Gasteiger partial charge in [0, 0.05) is 6.42 Å². The standard InChI is InChI=1S/C13H16N2O3/c1-8-4-5-10(18-8)9-7-14-11(15-9)6-13(2,3)12(16)17/h4-5,7H,6H2,1-3H3,(H,14,15)(H,16,17). The topological polar surface area (TPSA) is 79.1 Å². The fourth-order valence-electron chi connectivity index (χ4n) is 1.65. The van der Waals surface area contributed by atoms with Crippen molar-refractivity contribution < 1.29 is 14.3 Å². The van der Waals surface area contributed by atoms with Gasteiger partial charge in [0.15, 0.2) is 5.76 Å². The van der Waals surface area contributed by atoms with Crippen LogP contribution in [0.25, 0.3) is 11.5 Å². The summed E-state index contributed by atoms with van der Waals surface area (Å²) < 4.78 is 5.47. The summed E-state index contributed by atoms with van der Waals surface area (Å²) in [5.74, 6) is 1.34. The summed E-state index contributed by atoms with van der Waals surface area (Å²) in [7, 11) is 0. The molecule has 2 aromatic rings. The Labute approximate surface area is 105 Å². The first-order chi connectivity index (χ1) is 8.38. The molecule has 0 unspecified atom stereocenters. The molecule has 2 heterocycles. The smallest absolute Gasteiger partial charge is 0.309 e. The van der Waals surface area contributed by atoms with E-state index in [1.165, 1.54) is 0 Å². The second-order valence-electron chi connectivity index (χ2n) is 5.02. The van der Waals surface area contributed by atoms with E-state index in [-0.39, 0.29) is 0 Å². The molecular formula is C13H16N2O3. The molecule has 96 valence electrons. The highest BCUT2D eigenvalue weighted by molar-refractivity contribution is 5.73. The minimum absolute atomic E-state index is 0.349. The van der Waals surface area contributed by atoms with Gasteiger partial charge >= 0.3 is 5.97 Å². The number of nitrogens with one attached hydrogen (secondary N) is 1. The number of H-pyrrole nitrogens is 1. The fourth-order valence-corrected chi connectivity index (χ4v) is 1.65. The number of aliphatic carboxylic acids is 1. The van der Waals surface area contributed by atoms with Gasteiger partial charge in [0.25, 0.3) is 0 Å². The van der Waals surface area contributed by atoms with Gasteiger partial charge in [-0.2, -0.15) is 0 Å². The van der Waals surface area contributed by atoms with Crippen molar-refractivity contribution in [3.63, 3.8) is 0 Å². The van der Waals surface area contributed by atoms with Crippen LogP contribution in [0.3, 0.4) is 0 Å². The molecule has 0 atom stereocenters. The number of furan rings is 1. The molecule has 2 aromatic heterocycles. The molecular weight excluding hydrogens is 232 g/mol. The van der Waals surface area contributed by atoms with Crippen LogP contribution >= 0.6 is 0 Å². The highest BCUT2D eigenvalue weighted by Gasteiger charge is 2.28. The highest BCUT2D eigenvalue weighted by Crippen LogP contribution is 2.24. The second-order valence-corrected chi connectivity index (χ2v) is 5.02. The number of carboxylic acids is 1. The average molecular weight is 248 g/mol. The number of hydrogen-bond donors (Lipinski definition) is 2. The lowest BCUT2D eigenvalue weighted by Crippen LogP contribution is -2.26. The number of carbonyl (C=O) groups is 1. The number of aryl methyl sites for hydroxylation is 1. The zero-order valence-corrected chi connectivity index (χ0v) is 10.7. The van der Waals surface area contributed by atoms with E-state index in [1.807, 2.05) is 19.1 Å². The number of aromatic amines is 1. The summed E-state index contributed by atoms with van der Waals surface area (Å²) >= 11 is 0. The Morgan fingerprint density at radius 2 is 2.22 bits per heavy atom. The van der Waals surface area contributed by atoms with Crippen LogP contribution in [0, 0.1) is 12.3 Å². The van der Waals surface area contributed by atoms with Crippen molar-refractivity contribution in [1.29, 1.82) is 0 Å². The van der Waals surface area contributed by atoms with Crippen LogP contribution in [0.2, 0.25) is 0 Å². The van der Waals surface area contributed by atoms with Crippen molar-refractivity contribution in [3.8, 4) is 11.5 Å². The van der Waals surface area contributed by atoms with Crippen LogP contribution in [0.15, 0.2) is 22.7 Å². The predicted octanol–water partition coefficient (Wildman–Crippen LogP) is 2.63. The minimum Gasteiger partial charge on any atom is -0.481 e. The van der Waals surface area contributed by atoms with Crippen molar-refractivity contribution in [2.75, 3.05) is 0 Å². The summed E-state index contributed by atoms with van der Waals surface area (Å²) in [4.78, 5) is 18.3. The first-order valence-electron chi connectivity index (χ1n) is 5.72. The molecule has 0 aromatic carbocycles. The van der Waals surface area contributed by atoms with Crippen LogP contribution in [0.5, 0.6) is 0 Å². The quantitative estimate of drug-likeness (QED) is 0.871. The number of rotatable bonds is 4. The Hall–Kier alpha value is -2.04. The number of carboxylic acid groups (broad SMARTS) is 1. The van der Waals surface area contributed by atoms with Gasteiger partial charge in [-0.1, -0.05) is 0 Å². The molecule has 0 aliphatic carbocycles. The van der Waals surface area contributed by atoms with Crippen molar-refractivity contribution >= 4 is 5.97 Å². The summed E-state index contributed by atoms with van der Waals surface area (Å²) in [6, 6.07) is 3.73. The average Bonchev–Trinajstić information content (AvgIpc) is 2.86. The van der Waals surface area contributed by atoms with Crippen molar-refractivity contribution in [2.24, 2.45) is 5.41 Å². The van der Waals surface area contributed by atoms with E-state index in [2.05, 4.69) is 9.97 Å². The Morgan fingerprint density at radius 3 is 2.78 bits per heavy atom. The summed E-state index contributed by atoms with van der Waals surface area (Å²) in [5.41, 5.74) is -0.0759. The molecule has 0 aliphatic rings. The Kier molecular flexibility index (Phi) is 2.98. The molecule has 2 N–H and O–H groups in total. The summed E-state index contributed by atoms with van der Waals surface area (Å²) in [6.45, 7) is 5.22. The maximum atomic E-state index is 11.0. The van der Waals surface area contributed by atoms with E-state index in [0.717, 1.165) is 11.5 Å². The highest BCUT2D eigenvalue weighted by atomic mass is 16.4. The molecule has 0 aliphatic heterocycles. The van der Waals surface area contributed by atoms with Gasteiger partial charge in [-0.15, -0.1) is 0 Å². The maximum absolute atomic E-state index is 11.0. The number of aromatic nitrogens is 2. The molecule has 0 saturated heterocycles.